The van der Waals surface area contributed by atoms with E-state index in [4.69, 9.17) is 4.74 Å². The molecule has 1 atom stereocenters. The van der Waals surface area contributed by atoms with E-state index in [-0.39, 0.29) is 24.3 Å². The van der Waals surface area contributed by atoms with Crippen molar-refractivity contribution in [2.45, 2.75) is 29.9 Å². The summed E-state index contributed by atoms with van der Waals surface area (Å²) in [5.74, 6) is -0.340. The molecule has 2 aromatic carbocycles. The minimum Gasteiger partial charge on any atom is -0.495 e. The zero-order chi connectivity index (χ0) is 22.0. The van der Waals surface area contributed by atoms with Gasteiger partial charge in [-0.25, -0.2) is 0 Å². The van der Waals surface area contributed by atoms with Crippen molar-refractivity contribution >= 4 is 40.9 Å². The van der Waals surface area contributed by atoms with Gasteiger partial charge in [0, 0.05) is 18.0 Å². The minimum absolute atomic E-state index is 0.173. The number of benzene rings is 2. The van der Waals surface area contributed by atoms with Crippen molar-refractivity contribution in [1.82, 2.24) is 4.90 Å². The Morgan fingerprint density at radius 2 is 1.90 bits per heavy atom. The highest BCUT2D eigenvalue weighted by molar-refractivity contribution is 8.01. The van der Waals surface area contributed by atoms with Gasteiger partial charge in [0.2, 0.25) is 11.8 Å². The first-order valence-corrected chi connectivity index (χ1v) is 11.2. The first kappa shape index (κ1) is 21.2. The van der Waals surface area contributed by atoms with Crippen molar-refractivity contribution in [2.24, 2.45) is 0 Å². The Morgan fingerprint density at radius 1 is 1.16 bits per heavy atom. The van der Waals surface area contributed by atoms with E-state index in [1.807, 2.05) is 37.3 Å². The van der Waals surface area contributed by atoms with Crippen LogP contribution in [0.2, 0.25) is 0 Å². The molecule has 1 saturated heterocycles. The van der Waals surface area contributed by atoms with E-state index in [0.717, 1.165) is 23.3 Å². The van der Waals surface area contributed by atoms with Crippen molar-refractivity contribution in [3.8, 4) is 5.75 Å². The van der Waals surface area contributed by atoms with Gasteiger partial charge in [-0.15, -0.1) is 11.8 Å². The Bertz CT molecular complexity index is 1020. The molecule has 1 N–H and O–H groups in total. The summed E-state index contributed by atoms with van der Waals surface area (Å²) in [6.45, 7) is 3.10. The number of nitrogens with one attached hydrogen (secondary N) is 1. The molecule has 2 aliphatic heterocycles. The predicted octanol–water partition coefficient (Wildman–Crippen LogP) is 3.07. The summed E-state index contributed by atoms with van der Waals surface area (Å²) >= 11 is 1.27. The predicted molar refractivity (Wildman–Crippen MR) is 121 cm³/mol. The fraction of sp³-hybridized carbons (Fsp3) is 0.348. The molecule has 162 valence electrons. The van der Waals surface area contributed by atoms with Gasteiger partial charge >= 0.3 is 0 Å². The van der Waals surface area contributed by atoms with E-state index >= 15 is 0 Å². The number of ether oxygens (including phenoxy) is 1. The number of hydrogen-bond acceptors (Lipinski definition) is 5. The average Bonchev–Trinajstić information content (AvgIpc) is 3.30. The summed E-state index contributed by atoms with van der Waals surface area (Å²) in [7, 11) is 1.54. The van der Waals surface area contributed by atoms with Gasteiger partial charge in [-0.1, -0.05) is 18.2 Å². The number of para-hydroxylation sites is 1. The normalized spacial score (nSPS) is 18.0. The second-order valence-corrected chi connectivity index (χ2v) is 8.82. The van der Waals surface area contributed by atoms with Crippen molar-refractivity contribution < 1.29 is 19.1 Å². The van der Waals surface area contributed by atoms with Crippen molar-refractivity contribution in [3.05, 3.63) is 48.0 Å². The number of rotatable bonds is 5. The third-order valence-electron chi connectivity index (χ3n) is 5.46. The monoisotopic (exact) mass is 439 g/mol. The maximum absolute atomic E-state index is 13.3. The highest BCUT2D eigenvalue weighted by Gasteiger charge is 2.41. The number of fused-ring (bicyclic) bond motifs is 1. The molecule has 3 amide bonds. The number of thioether (sulfide) groups is 1. The van der Waals surface area contributed by atoms with Crippen molar-refractivity contribution in [2.75, 3.05) is 37.0 Å². The molecule has 8 heteroatoms. The van der Waals surface area contributed by atoms with Crippen LogP contribution in [0.4, 0.5) is 11.4 Å². The van der Waals surface area contributed by atoms with Gasteiger partial charge < -0.3 is 19.9 Å². The molecule has 7 nitrogen and oxygen atoms in total. The molecule has 0 aromatic heterocycles. The molecule has 2 heterocycles. The van der Waals surface area contributed by atoms with E-state index in [0.29, 0.717) is 30.2 Å². The molecule has 0 aliphatic carbocycles. The number of nitrogens with zero attached hydrogens (tertiary/aromatic N) is 2. The summed E-state index contributed by atoms with van der Waals surface area (Å²) < 4.78 is 5.33. The number of hydrogen-bond donors (Lipinski definition) is 1. The Morgan fingerprint density at radius 3 is 2.65 bits per heavy atom. The number of likely N-dealkylation sites (tertiary alicyclic amines) is 1. The summed E-state index contributed by atoms with van der Waals surface area (Å²) in [4.78, 5) is 43.2. The van der Waals surface area contributed by atoms with Gasteiger partial charge in [-0.3, -0.25) is 14.4 Å². The van der Waals surface area contributed by atoms with Crippen LogP contribution < -0.4 is 15.0 Å². The quantitative estimate of drug-likeness (QED) is 0.725. The van der Waals surface area contributed by atoms with Crippen LogP contribution in [-0.4, -0.2) is 54.6 Å². The molecular formula is C23H25N3O4S. The maximum Gasteiger partial charge on any atom is 0.250 e. The smallest absolute Gasteiger partial charge is 0.250 e. The van der Waals surface area contributed by atoms with Gasteiger partial charge in [-0.2, -0.15) is 0 Å². The molecule has 0 radical (unpaired) electrons. The SMILES string of the molecule is COc1ccc(C)cc1NC(=O)CN1C(=O)[C@H](C(=O)N2CCCC2)Sc2ccccc21. The molecule has 4 rings (SSSR count). The van der Waals surface area contributed by atoms with Crippen LogP contribution >= 0.6 is 11.8 Å². The number of aryl methyl sites for hydroxylation is 1. The van der Waals surface area contributed by atoms with E-state index in [1.165, 1.54) is 23.8 Å². The first-order chi connectivity index (χ1) is 15.0. The molecule has 1 fully saturated rings. The molecular weight excluding hydrogens is 414 g/mol. The third-order valence-corrected chi connectivity index (χ3v) is 6.70. The van der Waals surface area contributed by atoms with Crippen LogP contribution in [0, 0.1) is 6.92 Å². The van der Waals surface area contributed by atoms with Gasteiger partial charge in [0.15, 0.2) is 5.25 Å². The van der Waals surface area contributed by atoms with Gasteiger partial charge in [-0.05, 0) is 49.6 Å². The molecule has 2 aromatic rings. The molecule has 0 unspecified atom stereocenters. The lowest BCUT2D eigenvalue weighted by atomic mass is 10.2. The zero-order valence-corrected chi connectivity index (χ0v) is 18.4. The maximum atomic E-state index is 13.3. The van der Waals surface area contributed by atoms with E-state index in [2.05, 4.69) is 5.32 Å². The number of amides is 3. The van der Waals surface area contributed by atoms with Crippen LogP contribution in [0.25, 0.3) is 0 Å². The van der Waals surface area contributed by atoms with Crippen molar-refractivity contribution in [1.29, 1.82) is 0 Å². The summed E-state index contributed by atoms with van der Waals surface area (Å²) in [6.07, 6.45) is 1.91. The Balaban J connectivity index is 1.57. The van der Waals surface area contributed by atoms with E-state index < -0.39 is 5.25 Å². The highest BCUT2D eigenvalue weighted by Crippen LogP contribution is 2.40. The van der Waals surface area contributed by atoms with E-state index in [9.17, 15) is 14.4 Å². The first-order valence-electron chi connectivity index (χ1n) is 10.3. The number of carbonyl (C=O) groups is 3. The lowest BCUT2D eigenvalue weighted by Crippen LogP contribution is -2.51. The summed E-state index contributed by atoms with van der Waals surface area (Å²) in [6, 6.07) is 12.9. The largest absolute Gasteiger partial charge is 0.495 e. The highest BCUT2D eigenvalue weighted by atomic mass is 32.2. The fourth-order valence-corrected chi connectivity index (χ4v) is 5.08. The lowest BCUT2D eigenvalue weighted by Gasteiger charge is -2.34. The molecule has 2 aliphatic rings. The molecule has 0 spiro atoms. The van der Waals surface area contributed by atoms with Gasteiger partial charge in [0.05, 0.1) is 18.5 Å². The Kier molecular flexibility index (Phi) is 6.18. The number of methoxy groups -OCH3 is 1. The Labute approximate surface area is 185 Å². The van der Waals surface area contributed by atoms with Crippen LogP contribution in [0.15, 0.2) is 47.4 Å². The third kappa shape index (κ3) is 4.39. The summed E-state index contributed by atoms with van der Waals surface area (Å²) in [5, 5.41) is 1.97. The van der Waals surface area contributed by atoms with Crippen LogP contribution in [-0.2, 0) is 14.4 Å². The fourth-order valence-electron chi connectivity index (χ4n) is 3.89. The van der Waals surface area contributed by atoms with Crippen LogP contribution in [0.5, 0.6) is 5.75 Å². The zero-order valence-electron chi connectivity index (χ0n) is 17.6. The van der Waals surface area contributed by atoms with Gasteiger partial charge in [0.25, 0.3) is 5.91 Å². The molecule has 0 saturated carbocycles. The van der Waals surface area contributed by atoms with Crippen LogP contribution in [0.3, 0.4) is 0 Å². The number of carbonyl (C=O) groups excluding carboxylic acids is 3. The Hall–Kier alpha value is -3.00. The van der Waals surface area contributed by atoms with Crippen LogP contribution in [0.1, 0.15) is 18.4 Å². The average molecular weight is 440 g/mol. The topological polar surface area (TPSA) is 79.0 Å². The van der Waals surface area contributed by atoms with E-state index in [1.54, 1.807) is 17.0 Å². The summed E-state index contributed by atoms with van der Waals surface area (Å²) in [5.41, 5.74) is 2.17. The second-order valence-electron chi connectivity index (χ2n) is 7.67. The second kappa shape index (κ2) is 9.01. The van der Waals surface area contributed by atoms with Crippen molar-refractivity contribution in [3.63, 3.8) is 0 Å². The lowest BCUT2D eigenvalue weighted by molar-refractivity contribution is -0.134. The minimum atomic E-state index is -0.866. The van der Waals surface area contributed by atoms with Gasteiger partial charge in [0.1, 0.15) is 12.3 Å². The molecule has 31 heavy (non-hydrogen) atoms. The number of anilines is 2. The standard InChI is InChI=1S/C23H25N3O4S/c1-15-9-10-18(30-2)16(13-15)24-20(27)14-26-17-7-3-4-8-19(17)31-21(23(26)29)22(28)25-11-5-6-12-25/h3-4,7-10,13,21H,5-6,11-12,14H2,1-2H3,(H,24,27)/t21-/m0/s1. The molecule has 0 bridgehead atoms.